The molecular formula is C19H25N5. The van der Waals surface area contributed by atoms with Crippen LogP contribution < -0.4 is 16.0 Å². The second-order valence-corrected chi connectivity index (χ2v) is 6.94. The van der Waals surface area contributed by atoms with Gasteiger partial charge < -0.3 is 16.0 Å². The van der Waals surface area contributed by atoms with Crippen molar-refractivity contribution in [3.8, 4) is 0 Å². The lowest BCUT2D eigenvalue weighted by Gasteiger charge is -2.25. The lowest BCUT2D eigenvalue weighted by molar-refractivity contribution is 0.570. The van der Waals surface area contributed by atoms with Crippen molar-refractivity contribution in [1.29, 1.82) is 0 Å². The first-order chi connectivity index (χ1) is 11.7. The topological polar surface area (TPSA) is 67.1 Å². The molecule has 0 spiro atoms. The number of benzene rings is 1. The normalized spacial score (nSPS) is 23.3. The van der Waals surface area contributed by atoms with Crippen LogP contribution in [0.3, 0.4) is 0 Å². The van der Waals surface area contributed by atoms with Gasteiger partial charge in [0.25, 0.3) is 0 Å². The van der Waals surface area contributed by atoms with Gasteiger partial charge in [0.1, 0.15) is 5.82 Å². The van der Waals surface area contributed by atoms with Crippen molar-refractivity contribution < 1.29 is 0 Å². The van der Waals surface area contributed by atoms with Crippen molar-refractivity contribution in [2.75, 3.05) is 30.8 Å². The standard InChI is InChI=1S/C19H25N5/c1-21-16-8-9-24(12-16)18-11-17(22-19(20)23-18)15-7-6-13-4-2-3-5-14(13)10-15/h2-5,11,15-16,21H,6-10,12H2,1H3,(H2,20,22,23). The Morgan fingerprint density at radius 3 is 2.79 bits per heavy atom. The summed E-state index contributed by atoms with van der Waals surface area (Å²) in [6, 6.07) is 11.4. The third kappa shape index (κ3) is 2.96. The summed E-state index contributed by atoms with van der Waals surface area (Å²) >= 11 is 0. The third-order valence-corrected chi connectivity index (χ3v) is 5.44. The summed E-state index contributed by atoms with van der Waals surface area (Å²) in [4.78, 5) is 11.4. The molecule has 1 fully saturated rings. The Balaban J connectivity index is 1.58. The Morgan fingerprint density at radius 2 is 2.00 bits per heavy atom. The molecule has 24 heavy (non-hydrogen) atoms. The number of hydrogen-bond acceptors (Lipinski definition) is 5. The molecule has 4 rings (SSSR count). The maximum Gasteiger partial charge on any atom is 0.222 e. The van der Waals surface area contributed by atoms with Crippen LogP contribution in [0.2, 0.25) is 0 Å². The quantitative estimate of drug-likeness (QED) is 0.906. The fourth-order valence-corrected chi connectivity index (χ4v) is 4.00. The summed E-state index contributed by atoms with van der Waals surface area (Å²) < 4.78 is 0. The maximum atomic E-state index is 6.03. The van der Waals surface area contributed by atoms with Gasteiger partial charge in [0, 0.05) is 31.1 Å². The number of hydrogen-bond donors (Lipinski definition) is 2. The summed E-state index contributed by atoms with van der Waals surface area (Å²) in [5, 5.41) is 3.35. The van der Waals surface area contributed by atoms with Crippen LogP contribution in [0.25, 0.3) is 0 Å². The highest BCUT2D eigenvalue weighted by molar-refractivity contribution is 5.46. The van der Waals surface area contributed by atoms with Crippen LogP contribution in [-0.2, 0) is 12.8 Å². The fourth-order valence-electron chi connectivity index (χ4n) is 4.00. The van der Waals surface area contributed by atoms with E-state index < -0.39 is 0 Å². The van der Waals surface area contributed by atoms with Crippen LogP contribution in [0.5, 0.6) is 0 Å². The van der Waals surface area contributed by atoms with Crippen LogP contribution >= 0.6 is 0 Å². The third-order valence-electron chi connectivity index (χ3n) is 5.44. The van der Waals surface area contributed by atoms with E-state index in [1.165, 1.54) is 11.1 Å². The number of likely N-dealkylation sites (N-methyl/N-ethyl adjacent to an activating group) is 1. The predicted octanol–water partition coefficient (Wildman–Crippen LogP) is 2.13. The Morgan fingerprint density at radius 1 is 1.17 bits per heavy atom. The van der Waals surface area contributed by atoms with E-state index in [0.717, 1.165) is 50.3 Å². The average molecular weight is 323 g/mol. The lowest BCUT2D eigenvalue weighted by atomic mass is 9.82. The van der Waals surface area contributed by atoms with Crippen molar-refractivity contribution in [3.05, 3.63) is 47.2 Å². The molecule has 2 unspecified atom stereocenters. The maximum absolute atomic E-state index is 6.03. The molecule has 0 bridgehead atoms. The Labute approximate surface area is 143 Å². The number of nitrogens with zero attached hydrogens (tertiary/aromatic N) is 3. The van der Waals surface area contributed by atoms with E-state index in [9.17, 15) is 0 Å². The summed E-state index contributed by atoms with van der Waals surface area (Å²) in [5.41, 5.74) is 10.1. The fraction of sp³-hybridized carbons (Fsp3) is 0.474. The van der Waals surface area contributed by atoms with Gasteiger partial charge in [-0.25, -0.2) is 4.98 Å². The van der Waals surface area contributed by atoms with Crippen molar-refractivity contribution >= 4 is 11.8 Å². The van der Waals surface area contributed by atoms with Crippen molar-refractivity contribution in [1.82, 2.24) is 15.3 Å². The van der Waals surface area contributed by atoms with E-state index in [4.69, 9.17) is 5.73 Å². The number of rotatable bonds is 3. The first kappa shape index (κ1) is 15.4. The molecule has 2 aromatic rings. The zero-order valence-electron chi connectivity index (χ0n) is 14.2. The van der Waals surface area contributed by atoms with E-state index in [2.05, 4.69) is 50.5 Å². The van der Waals surface area contributed by atoms with E-state index in [-0.39, 0.29) is 0 Å². The molecule has 126 valence electrons. The van der Waals surface area contributed by atoms with Crippen molar-refractivity contribution in [3.63, 3.8) is 0 Å². The molecule has 1 aromatic heterocycles. The van der Waals surface area contributed by atoms with Gasteiger partial charge in [-0.1, -0.05) is 24.3 Å². The molecule has 1 aliphatic heterocycles. The molecular weight excluding hydrogens is 298 g/mol. The van der Waals surface area contributed by atoms with Crippen LogP contribution in [0.1, 0.15) is 35.6 Å². The van der Waals surface area contributed by atoms with Gasteiger partial charge in [-0.3, -0.25) is 0 Å². The highest BCUT2D eigenvalue weighted by Gasteiger charge is 2.25. The summed E-state index contributed by atoms with van der Waals surface area (Å²) in [7, 11) is 2.02. The second kappa shape index (κ2) is 6.40. The molecule has 2 aliphatic rings. The summed E-state index contributed by atoms with van der Waals surface area (Å²) in [6.07, 6.45) is 4.44. The first-order valence-corrected chi connectivity index (χ1v) is 8.86. The van der Waals surface area contributed by atoms with E-state index in [1.54, 1.807) is 0 Å². The Bertz CT molecular complexity index is 729. The zero-order valence-corrected chi connectivity index (χ0v) is 14.2. The van der Waals surface area contributed by atoms with E-state index in [1.807, 2.05) is 7.05 Å². The van der Waals surface area contributed by atoms with Gasteiger partial charge in [0.2, 0.25) is 5.95 Å². The molecule has 2 heterocycles. The molecule has 5 nitrogen and oxygen atoms in total. The van der Waals surface area contributed by atoms with Crippen molar-refractivity contribution in [2.24, 2.45) is 0 Å². The van der Waals surface area contributed by atoms with Gasteiger partial charge in [-0.05, 0) is 43.9 Å². The zero-order chi connectivity index (χ0) is 16.5. The van der Waals surface area contributed by atoms with Gasteiger partial charge in [-0.15, -0.1) is 0 Å². The smallest absolute Gasteiger partial charge is 0.222 e. The number of nitrogen functional groups attached to an aromatic ring is 1. The first-order valence-electron chi connectivity index (χ1n) is 8.86. The molecule has 1 saturated heterocycles. The van der Waals surface area contributed by atoms with Gasteiger partial charge in [0.05, 0.1) is 5.69 Å². The molecule has 5 heteroatoms. The SMILES string of the molecule is CNC1CCN(c2cc(C3CCc4ccccc4C3)nc(N)n2)C1. The summed E-state index contributed by atoms with van der Waals surface area (Å²) in [5.74, 6) is 1.81. The number of anilines is 2. The molecule has 3 N–H and O–H groups in total. The van der Waals surface area contributed by atoms with Crippen LogP contribution in [0, 0.1) is 0 Å². The molecule has 0 radical (unpaired) electrons. The van der Waals surface area contributed by atoms with Crippen molar-refractivity contribution in [2.45, 2.75) is 37.6 Å². The summed E-state index contributed by atoms with van der Waals surface area (Å²) in [6.45, 7) is 2.01. The minimum atomic E-state index is 0.397. The lowest BCUT2D eigenvalue weighted by Crippen LogP contribution is -2.30. The largest absolute Gasteiger partial charge is 0.368 e. The predicted molar refractivity (Wildman–Crippen MR) is 97.3 cm³/mol. The minimum absolute atomic E-state index is 0.397. The Hall–Kier alpha value is -2.14. The highest BCUT2D eigenvalue weighted by atomic mass is 15.2. The average Bonchev–Trinajstić information content (AvgIpc) is 3.10. The number of nitrogens with one attached hydrogen (secondary N) is 1. The monoisotopic (exact) mass is 323 g/mol. The molecule has 1 aliphatic carbocycles. The number of nitrogens with two attached hydrogens (primary N) is 1. The minimum Gasteiger partial charge on any atom is -0.368 e. The van der Waals surface area contributed by atoms with Crippen LogP contribution in [-0.4, -0.2) is 36.1 Å². The molecule has 0 amide bonds. The Kier molecular flexibility index (Phi) is 4.10. The van der Waals surface area contributed by atoms with Crippen LogP contribution in [0.15, 0.2) is 30.3 Å². The number of aromatic nitrogens is 2. The molecule has 2 atom stereocenters. The number of aryl methyl sites for hydroxylation is 1. The second-order valence-electron chi connectivity index (χ2n) is 6.94. The van der Waals surface area contributed by atoms with Gasteiger partial charge >= 0.3 is 0 Å². The molecule has 1 aromatic carbocycles. The highest BCUT2D eigenvalue weighted by Crippen LogP contribution is 2.33. The van der Waals surface area contributed by atoms with Crippen LogP contribution in [0.4, 0.5) is 11.8 Å². The van der Waals surface area contributed by atoms with E-state index in [0.29, 0.717) is 17.9 Å². The molecule has 0 saturated carbocycles. The van der Waals surface area contributed by atoms with Gasteiger partial charge in [-0.2, -0.15) is 4.98 Å². The van der Waals surface area contributed by atoms with E-state index >= 15 is 0 Å². The van der Waals surface area contributed by atoms with Gasteiger partial charge in [0.15, 0.2) is 0 Å². The number of fused-ring (bicyclic) bond motifs is 1.